The molecule has 0 atom stereocenters. The van der Waals surface area contributed by atoms with Gasteiger partial charge in [-0.2, -0.15) is 0 Å². The van der Waals surface area contributed by atoms with Gasteiger partial charge in [-0.1, -0.05) is 48.4 Å². The van der Waals surface area contributed by atoms with Gasteiger partial charge in [-0.25, -0.2) is 4.98 Å². The molecule has 1 heterocycles. The zero-order valence-corrected chi connectivity index (χ0v) is 12.2. The molecule has 0 saturated carbocycles. The smallest absolute Gasteiger partial charge is 0.121 e. The van der Waals surface area contributed by atoms with E-state index in [9.17, 15) is 0 Å². The summed E-state index contributed by atoms with van der Waals surface area (Å²) in [5.74, 6) is 6.28. The first-order chi connectivity index (χ1) is 8.93. The molecule has 0 amide bonds. The van der Waals surface area contributed by atoms with Crippen LogP contribution in [-0.2, 0) is 0 Å². The molecule has 3 rings (SSSR count). The predicted octanol–water partition coefficient (Wildman–Crippen LogP) is 4.48. The van der Waals surface area contributed by atoms with E-state index in [1.807, 2.05) is 48.5 Å². The molecule has 1 aromatic heterocycles. The first-order valence-corrected chi connectivity index (χ1v) is 5.84. The lowest BCUT2D eigenvalue weighted by Crippen LogP contribution is -1.84. The number of nitrogens with zero attached hydrogens (tertiary/aromatic N) is 1. The lowest BCUT2D eigenvalue weighted by atomic mass is 10.1. The van der Waals surface area contributed by atoms with Crippen LogP contribution >= 0.6 is 24.8 Å². The van der Waals surface area contributed by atoms with Gasteiger partial charge in [0.15, 0.2) is 0 Å². The van der Waals surface area contributed by atoms with Gasteiger partial charge in [0.05, 0.1) is 0 Å². The molecule has 0 aliphatic carbocycles. The van der Waals surface area contributed by atoms with Crippen LogP contribution in [-0.4, -0.2) is 4.98 Å². The first-order valence-electron chi connectivity index (χ1n) is 5.84. The van der Waals surface area contributed by atoms with Crippen LogP contribution in [0.5, 0.6) is 0 Å². The zero-order valence-electron chi connectivity index (χ0n) is 10.6. The minimum atomic E-state index is 0. The summed E-state index contributed by atoms with van der Waals surface area (Å²) in [6.07, 6.45) is 1.80. The Kier molecular flexibility index (Phi) is 6.06. The number of pyridine rings is 1. The standard InChI is InChI=1S/C17H11N.2ClH/c1-2-6-14(7-3-1)10-11-17-16-9-5-4-8-15(16)12-13-18-17;;/h1-9,12-13H;2*1H. The summed E-state index contributed by atoms with van der Waals surface area (Å²) in [6.45, 7) is 0. The molecule has 0 spiro atoms. The molecule has 0 aliphatic rings. The van der Waals surface area contributed by atoms with Crippen molar-refractivity contribution in [1.29, 1.82) is 0 Å². The highest BCUT2D eigenvalue weighted by molar-refractivity contribution is 5.86. The van der Waals surface area contributed by atoms with Crippen molar-refractivity contribution in [2.45, 2.75) is 0 Å². The zero-order chi connectivity index (χ0) is 12.2. The minimum absolute atomic E-state index is 0. The molecule has 0 N–H and O–H groups in total. The maximum Gasteiger partial charge on any atom is 0.121 e. The third-order valence-corrected chi connectivity index (χ3v) is 2.77. The second-order valence-electron chi connectivity index (χ2n) is 4.00. The van der Waals surface area contributed by atoms with E-state index in [1.54, 1.807) is 6.20 Å². The van der Waals surface area contributed by atoms with E-state index in [1.165, 1.54) is 5.39 Å². The molecule has 0 radical (unpaired) electrons. The van der Waals surface area contributed by atoms with Crippen LogP contribution in [0.2, 0.25) is 0 Å². The molecular weight excluding hydrogens is 289 g/mol. The second kappa shape index (κ2) is 7.55. The number of aromatic nitrogens is 1. The van der Waals surface area contributed by atoms with E-state index in [0.29, 0.717) is 0 Å². The Bertz CT molecular complexity index is 738. The van der Waals surface area contributed by atoms with Gasteiger partial charge in [0.1, 0.15) is 5.69 Å². The van der Waals surface area contributed by atoms with Crippen LogP contribution in [0.4, 0.5) is 0 Å². The van der Waals surface area contributed by atoms with Crippen molar-refractivity contribution in [2.24, 2.45) is 0 Å². The van der Waals surface area contributed by atoms with Crippen LogP contribution in [0.3, 0.4) is 0 Å². The summed E-state index contributed by atoms with van der Waals surface area (Å²) in [7, 11) is 0. The summed E-state index contributed by atoms with van der Waals surface area (Å²) in [5, 5.41) is 2.27. The quantitative estimate of drug-likeness (QED) is 0.558. The molecule has 0 aliphatic heterocycles. The molecule has 3 heteroatoms. The van der Waals surface area contributed by atoms with Crippen molar-refractivity contribution < 1.29 is 0 Å². The first kappa shape index (κ1) is 16.0. The fourth-order valence-corrected chi connectivity index (χ4v) is 1.87. The van der Waals surface area contributed by atoms with Crippen LogP contribution in [0, 0.1) is 11.8 Å². The van der Waals surface area contributed by atoms with E-state index in [-0.39, 0.29) is 24.8 Å². The largest absolute Gasteiger partial charge is 0.247 e. The Balaban J connectivity index is 0.000001000. The fraction of sp³-hybridized carbons (Fsp3) is 0. The van der Waals surface area contributed by atoms with Crippen LogP contribution < -0.4 is 0 Å². The molecule has 1 nitrogen and oxygen atoms in total. The highest BCUT2D eigenvalue weighted by Crippen LogP contribution is 2.15. The van der Waals surface area contributed by atoms with Crippen molar-refractivity contribution in [3.8, 4) is 11.8 Å². The Hall–Kier alpha value is -2.01. The SMILES string of the molecule is C(#Cc1nccc2ccccc12)c1ccccc1.Cl.Cl. The van der Waals surface area contributed by atoms with Gasteiger partial charge in [-0.15, -0.1) is 24.8 Å². The molecular formula is C17H13Cl2N. The third kappa shape index (κ3) is 3.51. The number of hydrogen-bond donors (Lipinski definition) is 0. The molecule has 0 fully saturated rings. The van der Waals surface area contributed by atoms with Gasteiger partial charge >= 0.3 is 0 Å². The average molecular weight is 302 g/mol. The van der Waals surface area contributed by atoms with Crippen molar-refractivity contribution in [1.82, 2.24) is 4.98 Å². The van der Waals surface area contributed by atoms with Gasteiger partial charge in [0, 0.05) is 17.1 Å². The molecule has 2 aromatic carbocycles. The number of rotatable bonds is 0. The normalized spacial score (nSPS) is 8.80. The van der Waals surface area contributed by atoms with E-state index >= 15 is 0 Å². The van der Waals surface area contributed by atoms with Crippen molar-refractivity contribution in [3.63, 3.8) is 0 Å². The Labute approximate surface area is 130 Å². The van der Waals surface area contributed by atoms with Crippen molar-refractivity contribution in [2.75, 3.05) is 0 Å². The summed E-state index contributed by atoms with van der Waals surface area (Å²) < 4.78 is 0. The van der Waals surface area contributed by atoms with Crippen LogP contribution in [0.25, 0.3) is 10.8 Å². The summed E-state index contributed by atoms with van der Waals surface area (Å²) >= 11 is 0. The Morgan fingerprint density at radius 2 is 1.40 bits per heavy atom. The van der Waals surface area contributed by atoms with Crippen LogP contribution in [0.15, 0.2) is 66.9 Å². The number of fused-ring (bicyclic) bond motifs is 1. The third-order valence-electron chi connectivity index (χ3n) is 2.77. The number of benzene rings is 2. The fourth-order valence-electron chi connectivity index (χ4n) is 1.87. The number of hydrogen-bond acceptors (Lipinski definition) is 1. The van der Waals surface area contributed by atoms with Gasteiger partial charge in [0.2, 0.25) is 0 Å². The monoisotopic (exact) mass is 301 g/mol. The van der Waals surface area contributed by atoms with Gasteiger partial charge in [-0.05, 0) is 29.5 Å². The summed E-state index contributed by atoms with van der Waals surface area (Å²) in [5.41, 5.74) is 1.84. The van der Waals surface area contributed by atoms with E-state index < -0.39 is 0 Å². The Morgan fingerprint density at radius 1 is 0.700 bits per heavy atom. The van der Waals surface area contributed by atoms with Gasteiger partial charge in [0.25, 0.3) is 0 Å². The second-order valence-corrected chi connectivity index (χ2v) is 4.00. The lowest BCUT2D eigenvalue weighted by Gasteiger charge is -1.98. The van der Waals surface area contributed by atoms with E-state index in [0.717, 1.165) is 16.6 Å². The minimum Gasteiger partial charge on any atom is -0.247 e. The van der Waals surface area contributed by atoms with Crippen LogP contribution in [0.1, 0.15) is 11.3 Å². The lowest BCUT2D eigenvalue weighted by molar-refractivity contribution is 1.32. The van der Waals surface area contributed by atoms with Crippen molar-refractivity contribution in [3.05, 3.63) is 78.1 Å². The molecule has 20 heavy (non-hydrogen) atoms. The maximum atomic E-state index is 4.35. The summed E-state index contributed by atoms with van der Waals surface area (Å²) in [4.78, 5) is 4.35. The molecule has 100 valence electrons. The molecule has 0 unspecified atom stereocenters. The molecule has 0 saturated heterocycles. The summed E-state index contributed by atoms with van der Waals surface area (Å²) in [6, 6.07) is 20.1. The molecule has 0 bridgehead atoms. The highest BCUT2D eigenvalue weighted by Gasteiger charge is 1.97. The Morgan fingerprint density at radius 3 is 2.20 bits per heavy atom. The number of halogens is 2. The maximum absolute atomic E-state index is 4.35. The van der Waals surface area contributed by atoms with Gasteiger partial charge in [-0.3, -0.25) is 0 Å². The van der Waals surface area contributed by atoms with Gasteiger partial charge < -0.3 is 0 Å². The molecule has 3 aromatic rings. The average Bonchev–Trinajstić information content (AvgIpc) is 2.46. The van der Waals surface area contributed by atoms with Crippen molar-refractivity contribution >= 4 is 35.6 Å². The topological polar surface area (TPSA) is 12.9 Å². The highest BCUT2D eigenvalue weighted by atomic mass is 35.5. The van der Waals surface area contributed by atoms with E-state index in [4.69, 9.17) is 0 Å². The predicted molar refractivity (Wildman–Crippen MR) is 88.7 cm³/mol. The van der Waals surface area contributed by atoms with E-state index in [2.05, 4.69) is 29.0 Å².